The van der Waals surface area contributed by atoms with Crippen LogP contribution in [0.1, 0.15) is 50.9 Å². The Balaban J connectivity index is 2.71. The number of hydrogen-bond acceptors (Lipinski definition) is 4. The van der Waals surface area contributed by atoms with Gasteiger partial charge >= 0.3 is 0 Å². The monoisotopic (exact) mass is 216 g/mol. The van der Waals surface area contributed by atoms with Gasteiger partial charge in [0.05, 0.1) is 17.6 Å². The van der Waals surface area contributed by atoms with E-state index < -0.39 is 0 Å². The van der Waals surface area contributed by atoms with E-state index in [0.29, 0.717) is 17.5 Å². The molecule has 0 aliphatic rings. The van der Waals surface area contributed by atoms with Crippen LogP contribution in [-0.2, 0) is 0 Å². The Morgan fingerprint density at radius 3 is 2.19 bits per heavy atom. The first-order valence-corrected chi connectivity index (χ1v) is 5.57. The van der Waals surface area contributed by atoms with Crippen molar-refractivity contribution < 1.29 is 0 Å². The minimum atomic E-state index is 0.365. The van der Waals surface area contributed by atoms with Gasteiger partial charge in [0.2, 0.25) is 0 Å². The van der Waals surface area contributed by atoms with E-state index in [4.69, 9.17) is 0 Å². The third-order valence-corrected chi connectivity index (χ3v) is 2.50. The van der Waals surface area contributed by atoms with Gasteiger partial charge in [0.1, 0.15) is 11.8 Å². The van der Waals surface area contributed by atoms with Crippen LogP contribution in [0.25, 0.3) is 11.2 Å². The van der Waals surface area contributed by atoms with Crippen LogP contribution in [-0.4, -0.2) is 19.9 Å². The van der Waals surface area contributed by atoms with Gasteiger partial charge in [-0.05, 0) is 11.8 Å². The molecule has 0 unspecified atom stereocenters. The van der Waals surface area contributed by atoms with E-state index in [9.17, 15) is 0 Å². The van der Waals surface area contributed by atoms with Gasteiger partial charge in [-0.2, -0.15) is 0 Å². The average Bonchev–Trinajstić information content (AvgIpc) is 2.27. The molecule has 2 aromatic heterocycles. The van der Waals surface area contributed by atoms with Gasteiger partial charge in [0.25, 0.3) is 0 Å². The lowest BCUT2D eigenvalue weighted by molar-refractivity contribution is 0.735. The Hall–Kier alpha value is -1.58. The standard InChI is InChI=1S/C12H16N4/c1-7(2)10-11(8(3)4)16-12-9(15-10)5-13-6-14-12/h5-8H,1-4H3. The van der Waals surface area contributed by atoms with Crippen molar-refractivity contribution in [1.29, 1.82) is 0 Å². The van der Waals surface area contributed by atoms with Gasteiger partial charge in [0, 0.05) is 0 Å². The molecular weight excluding hydrogens is 200 g/mol. The third kappa shape index (κ3) is 1.87. The molecule has 0 spiro atoms. The first kappa shape index (κ1) is 10.9. The predicted octanol–water partition coefficient (Wildman–Crippen LogP) is 2.67. The lowest BCUT2D eigenvalue weighted by Gasteiger charge is -2.13. The van der Waals surface area contributed by atoms with Gasteiger partial charge in [-0.1, -0.05) is 27.7 Å². The smallest absolute Gasteiger partial charge is 0.181 e. The van der Waals surface area contributed by atoms with Crippen molar-refractivity contribution in [2.24, 2.45) is 0 Å². The summed E-state index contributed by atoms with van der Waals surface area (Å²) in [5.41, 5.74) is 3.55. The van der Waals surface area contributed by atoms with Gasteiger partial charge in [-0.25, -0.2) is 19.9 Å². The molecule has 0 radical (unpaired) electrons. The fraction of sp³-hybridized carbons (Fsp3) is 0.500. The Kier molecular flexibility index (Phi) is 2.81. The zero-order chi connectivity index (χ0) is 11.7. The predicted molar refractivity (Wildman–Crippen MR) is 63.3 cm³/mol. The minimum absolute atomic E-state index is 0.365. The van der Waals surface area contributed by atoms with Crippen LogP contribution in [0.15, 0.2) is 12.5 Å². The maximum atomic E-state index is 4.61. The molecule has 2 heterocycles. The molecule has 0 aliphatic heterocycles. The Bertz CT molecular complexity index is 459. The van der Waals surface area contributed by atoms with Crippen LogP contribution in [0.5, 0.6) is 0 Å². The largest absolute Gasteiger partial charge is 0.246 e. The molecule has 84 valence electrons. The van der Waals surface area contributed by atoms with E-state index in [1.54, 1.807) is 6.20 Å². The van der Waals surface area contributed by atoms with Crippen LogP contribution in [0.4, 0.5) is 0 Å². The van der Waals surface area contributed by atoms with Crippen LogP contribution in [0.2, 0.25) is 0 Å². The molecule has 2 aromatic rings. The molecule has 0 amide bonds. The van der Waals surface area contributed by atoms with Crippen LogP contribution >= 0.6 is 0 Å². The molecule has 0 bridgehead atoms. The Morgan fingerprint density at radius 2 is 1.56 bits per heavy atom. The van der Waals surface area contributed by atoms with E-state index in [0.717, 1.165) is 16.9 Å². The van der Waals surface area contributed by atoms with Crippen molar-refractivity contribution in [3.8, 4) is 0 Å². The van der Waals surface area contributed by atoms with Crippen molar-refractivity contribution in [2.75, 3.05) is 0 Å². The fourth-order valence-electron chi connectivity index (χ4n) is 1.69. The third-order valence-electron chi connectivity index (χ3n) is 2.50. The summed E-state index contributed by atoms with van der Waals surface area (Å²) in [7, 11) is 0. The molecule has 4 heteroatoms. The highest BCUT2D eigenvalue weighted by atomic mass is 15.0. The first-order chi connectivity index (χ1) is 7.59. The van der Waals surface area contributed by atoms with E-state index >= 15 is 0 Å². The minimum Gasteiger partial charge on any atom is -0.246 e. The first-order valence-electron chi connectivity index (χ1n) is 5.57. The zero-order valence-electron chi connectivity index (χ0n) is 10.1. The highest BCUT2D eigenvalue weighted by Crippen LogP contribution is 2.24. The summed E-state index contributed by atoms with van der Waals surface area (Å²) in [5, 5.41) is 0. The topological polar surface area (TPSA) is 51.6 Å². The van der Waals surface area contributed by atoms with E-state index in [2.05, 4.69) is 47.6 Å². The normalized spacial score (nSPS) is 11.6. The van der Waals surface area contributed by atoms with Gasteiger partial charge in [0.15, 0.2) is 5.65 Å². The molecule has 16 heavy (non-hydrogen) atoms. The molecule has 0 fully saturated rings. The summed E-state index contributed by atoms with van der Waals surface area (Å²) < 4.78 is 0. The van der Waals surface area contributed by atoms with Crippen molar-refractivity contribution in [3.63, 3.8) is 0 Å². The highest BCUT2D eigenvalue weighted by molar-refractivity contribution is 5.68. The lowest BCUT2D eigenvalue weighted by Crippen LogP contribution is -2.06. The molecule has 0 aliphatic carbocycles. The lowest BCUT2D eigenvalue weighted by atomic mass is 10.0. The maximum Gasteiger partial charge on any atom is 0.181 e. The maximum absolute atomic E-state index is 4.61. The summed E-state index contributed by atoms with van der Waals surface area (Å²) in [5.74, 6) is 0.735. The number of rotatable bonds is 2. The second-order valence-electron chi connectivity index (χ2n) is 4.54. The molecule has 0 saturated heterocycles. The average molecular weight is 216 g/mol. The highest BCUT2D eigenvalue weighted by Gasteiger charge is 2.15. The molecule has 0 atom stereocenters. The molecule has 0 saturated carbocycles. The van der Waals surface area contributed by atoms with Crippen molar-refractivity contribution >= 4 is 11.2 Å². The Labute approximate surface area is 95.2 Å². The second-order valence-corrected chi connectivity index (χ2v) is 4.54. The number of fused-ring (bicyclic) bond motifs is 1. The van der Waals surface area contributed by atoms with E-state index in [1.165, 1.54) is 6.33 Å². The summed E-state index contributed by atoms with van der Waals surface area (Å²) in [6.07, 6.45) is 3.22. The van der Waals surface area contributed by atoms with Crippen LogP contribution < -0.4 is 0 Å². The van der Waals surface area contributed by atoms with Gasteiger partial charge in [-0.15, -0.1) is 0 Å². The summed E-state index contributed by atoms with van der Waals surface area (Å²) in [4.78, 5) is 17.3. The summed E-state index contributed by atoms with van der Waals surface area (Å²) in [6.45, 7) is 8.52. The quantitative estimate of drug-likeness (QED) is 0.774. The summed E-state index contributed by atoms with van der Waals surface area (Å²) >= 11 is 0. The van der Waals surface area contributed by atoms with E-state index in [-0.39, 0.29) is 0 Å². The van der Waals surface area contributed by atoms with Crippen LogP contribution in [0, 0.1) is 0 Å². The van der Waals surface area contributed by atoms with E-state index in [1.807, 2.05) is 0 Å². The van der Waals surface area contributed by atoms with Crippen molar-refractivity contribution in [1.82, 2.24) is 19.9 Å². The van der Waals surface area contributed by atoms with Gasteiger partial charge < -0.3 is 0 Å². The van der Waals surface area contributed by atoms with Crippen molar-refractivity contribution in [3.05, 3.63) is 23.9 Å². The fourth-order valence-corrected chi connectivity index (χ4v) is 1.69. The molecule has 4 nitrogen and oxygen atoms in total. The van der Waals surface area contributed by atoms with Crippen molar-refractivity contribution in [2.45, 2.75) is 39.5 Å². The number of nitrogens with zero attached hydrogens (tertiary/aromatic N) is 4. The molecule has 0 aromatic carbocycles. The van der Waals surface area contributed by atoms with Crippen LogP contribution in [0.3, 0.4) is 0 Å². The SMILES string of the molecule is CC(C)c1nc2cncnc2nc1C(C)C. The molecule has 2 rings (SSSR count). The zero-order valence-corrected chi connectivity index (χ0v) is 10.1. The number of aromatic nitrogens is 4. The summed E-state index contributed by atoms with van der Waals surface area (Å²) in [6, 6.07) is 0. The van der Waals surface area contributed by atoms with Gasteiger partial charge in [-0.3, -0.25) is 0 Å². The number of hydrogen-bond donors (Lipinski definition) is 0. The second kappa shape index (κ2) is 4.12. The Morgan fingerprint density at radius 1 is 0.938 bits per heavy atom. The molecule has 0 N–H and O–H groups in total. The molecular formula is C12H16N4.